The Morgan fingerprint density at radius 1 is 1.28 bits per heavy atom. The van der Waals surface area contributed by atoms with Crippen LogP contribution < -0.4 is 0 Å². The molecule has 0 aliphatic heterocycles. The molecule has 6 heteroatoms. The smallest absolute Gasteiger partial charge is 0.351 e. The highest BCUT2D eigenvalue weighted by Crippen LogP contribution is 2.66. The molecular weight excluding hydrogens is 438 g/mol. The Hall–Kier alpha value is -1.06. The normalized spacial score (nSPS) is 40.2. The van der Waals surface area contributed by atoms with E-state index in [0.717, 1.165) is 44.3 Å². The molecule has 176 valence electrons. The van der Waals surface area contributed by atoms with E-state index < -0.39 is 14.2 Å². The molecular formula is C26H38ClNO3Si. The standard InChI is InChI=1S/C26H38ClNO3Si/c1-18(2)30-32(6,17-27)31-26(16-28)14-11-23-21-8-7-19-15-20(29-5)9-12-24(19,3)22(21)10-13-25(23,26)4/h7,10,15,18,21,23H,8-9,11-14,17H2,1-6H3/t21-,23+,24+,25+,26+,32?/m1/s1. The second-order valence-corrected chi connectivity index (χ2v) is 14.8. The van der Waals surface area contributed by atoms with E-state index in [1.54, 1.807) is 12.7 Å². The molecule has 0 amide bonds. The lowest BCUT2D eigenvalue weighted by Crippen LogP contribution is -2.58. The Morgan fingerprint density at radius 2 is 2.03 bits per heavy atom. The maximum atomic E-state index is 10.5. The molecule has 4 aliphatic rings. The van der Waals surface area contributed by atoms with Crippen LogP contribution in [0.3, 0.4) is 0 Å². The van der Waals surface area contributed by atoms with E-state index in [4.69, 9.17) is 25.2 Å². The first-order valence-corrected chi connectivity index (χ1v) is 15.1. The maximum absolute atomic E-state index is 10.5. The van der Waals surface area contributed by atoms with Crippen molar-refractivity contribution in [1.29, 1.82) is 5.26 Å². The van der Waals surface area contributed by atoms with Crippen molar-refractivity contribution < 1.29 is 13.6 Å². The first kappa shape index (κ1) is 24.1. The van der Waals surface area contributed by atoms with Crippen molar-refractivity contribution in [3.63, 3.8) is 0 Å². The third-order valence-corrected chi connectivity index (χ3v) is 12.5. The van der Waals surface area contributed by atoms with Crippen molar-refractivity contribution >= 4 is 20.2 Å². The Balaban J connectivity index is 1.68. The highest BCUT2D eigenvalue weighted by atomic mass is 35.5. The van der Waals surface area contributed by atoms with Crippen LogP contribution >= 0.6 is 11.6 Å². The SMILES string of the molecule is COC1=CC2=CC[C@@H]3C(=CC[C@@]4(C)[C@H]3CC[C@@]4(C#N)O[Si](C)(CCl)OC(C)C)[C@@]2(C)CC1. The van der Waals surface area contributed by atoms with Crippen molar-refractivity contribution in [1.82, 2.24) is 0 Å². The van der Waals surface area contributed by atoms with Crippen LogP contribution in [0.1, 0.15) is 66.2 Å². The first-order valence-electron chi connectivity index (χ1n) is 12.1. The van der Waals surface area contributed by atoms with E-state index >= 15 is 0 Å². The summed E-state index contributed by atoms with van der Waals surface area (Å²) in [5.74, 6) is 1.98. The number of rotatable bonds is 6. The van der Waals surface area contributed by atoms with Crippen molar-refractivity contribution in [3.05, 3.63) is 35.1 Å². The maximum Gasteiger partial charge on any atom is 0.351 e. The fraction of sp³-hybridized carbons (Fsp3) is 0.731. The van der Waals surface area contributed by atoms with Gasteiger partial charge in [0.05, 0.1) is 24.4 Å². The number of fused-ring (bicyclic) bond motifs is 5. The van der Waals surface area contributed by atoms with E-state index in [9.17, 15) is 5.26 Å². The molecule has 0 bridgehead atoms. The number of nitriles is 1. The van der Waals surface area contributed by atoms with Gasteiger partial charge in [-0.1, -0.05) is 31.6 Å². The van der Waals surface area contributed by atoms with Crippen molar-refractivity contribution in [2.75, 3.05) is 12.6 Å². The Kier molecular flexibility index (Phi) is 6.25. The molecule has 0 spiro atoms. The topological polar surface area (TPSA) is 51.5 Å². The van der Waals surface area contributed by atoms with Gasteiger partial charge in [-0.25, -0.2) is 0 Å². The van der Waals surface area contributed by atoms with Gasteiger partial charge >= 0.3 is 8.56 Å². The van der Waals surface area contributed by atoms with Crippen LogP contribution in [0.4, 0.5) is 0 Å². The monoisotopic (exact) mass is 475 g/mol. The summed E-state index contributed by atoms with van der Waals surface area (Å²) in [6.07, 6.45) is 12.9. The number of nitrogens with zero attached hydrogens (tertiary/aromatic N) is 1. The van der Waals surface area contributed by atoms with E-state index in [1.807, 2.05) is 20.4 Å². The molecule has 1 saturated carbocycles. The zero-order valence-corrected chi connectivity index (χ0v) is 22.2. The largest absolute Gasteiger partial charge is 0.501 e. The van der Waals surface area contributed by atoms with Gasteiger partial charge in [-0.3, -0.25) is 0 Å². The van der Waals surface area contributed by atoms with Gasteiger partial charge in [0.2, 0.25) is 0 Å². The van der Waals surface area contributed by atoms with Crippen LogP contribution in [-0.2, 0) is 13.6 Å². The van der Waals surface area contributed by atoms with E-state index in [0.29, 0.717) is 17.3 Å². The van der Waals surface area contributed by atoms with Gasteiger partial charge in [-0.2, -0.15) is 5.26 Å². The van der Waals surface area contributed by atoms with Gasteiger partial charge in [-0.15, -0.1) is 11.6 Å². The molecule has 0 aromatic rings. The molecule has 0 saturated heterocycles. The van der Waals surface area contributed by atoms with E-state index in [2.05, 4.69) is 38.1 Å². The number of hydrogen-bond acceptors (Lipinski definition) is 4. The van der Waals surface area contributed by atoms with Gasteiger partial charge in [0, 0.05) is 23.4 Å². The minimum atomic E-state index is -2.68. The second kappa shape index (κ2) is 8.31. The summed E-state index contributed by atoms with van der Waals surface area (Å²) in [5.41, 5.74) is 2.31. The zero-order valence-electron chi connectivity index (χ0n) is 20.5. The highest BCUT2D eigenvalue weighted by Gasteiger charge is 2.65. The molecule has 4 aliphatic carbocycles. The lowest BCUT2D eigenvalue weighted by atomic mass is 9.52. The van der Waals surface area contributed by atoms with Gasteiger partial charge in [0.1, 0.15) is 0 Å². The van der Waals surface area contributed by atoms with Crippen LogP contribution in [0.5, 0.6) is 0 Å². The number of allylic oxidation sites excluding steroid dienone is 6. The van der Waals surface area contributed by atoms with Crippen molar-refractivity contribution in [3.8, 4) is 6.07 Å². The third-order valence-electron chi connectivity index (χ3n) is 8.79. The third kappa shape index (κ3) is 3.53. The molecule has 1 fully saturated rings. The molecule has 6 atom stereocenters. The lowest BCUT2D eigenvalue weighted by Gasteiger charge is -2.54. The second-order valence-electron chi connectivity index (χ2n) is 11.0. The summed E-state index contributed by atoms with van der Waals surface area (Å²) < 4.78 is 18.5. The van der Waals surface area contributed by atoms with Crippen LogP contribution in [0.2, 0.25) is 6.55 Å². The average molecular weight is 476 g/mol. The molecule has 0 radical (unpaired) electrons. The van der Waals surface area contributed by atoms with Crippen molar-refractivity contribution in [2.45, 2.75) is 84.5 Å². The number of alkyl halides is 1. The summed E-state index contributed by atoms with van der Waals surface area (Å²) >= 11 is 6.37. The predicted molar refractivity (Wildman–Crippen MR) is 130 cm³/mol. The van der Waals surface area contributed by atoms with Crippen LogP contribution in [0, 0.1) is 34.0 Å². The summed E-state index contributed by atoms with van der Waals surface area (Å²) in [6.45, 7) is 10.7. The Labute approximate surface area is 199 Å². The number of hydrogen-bond donors (Lipinski definition) is 0. The number of methoxy groups -OCH3 is 1. The number of ether oxygens (including phenoxy) is 1. The first-order chi connectivity index (χ1) is 15.1. The minimum absolute atomic E-state index is 0.0298. The lowest BCUT2D eigenvalue weighted by molar-refractivity contribution is -0.0449. The van der Waals surface area contributed by atoms with Crippen LogP contribution in [-0.4, -0.2) is 32.9 Å². The fourth-order valence-corrected chi connectivity index (χ4v) is 9.73. The van der Waals surface area contributed by atoms with Gasteiger partial charge in [-0.05, 0) is 76.0 Å². The Morgan fingerprint density at radius 3 is 2.66 bits per heavy atom. The average Bonchev–Trinajstić information content (AvgIpc) is 3.05. The highest BCUT2D eigenvalue weighted by molar-refractivity contribution is 6.73. The van der Waals surface area contributed by atoms with Gasteiger partial charge < -0.3 is 13.6 Å². The summed E-state index contributed by atoms with van der Waals surface area (Å²) in [4.78, 5) is 0. The zero-order chi connectivity index (χ0) is 23.4. The molecule has 0 aromatic heterocycles. The van der Waals surface area contributed by atoms with Crippen molar-refractivity contribution in [2.24, 2.45) is 22.7 Å². The molecule has 4 rings (SSSR count). The van der Waals surface area contributed by atoms with E-state index in [1.165, 1.54) is 5.57 Å². The molecule has 4 nitrogen and oxygen atoms in total. The summed E-state index contributed by atoms with van der Waals surface area (Å²) in [5, 5.41) is 10.5. The van der Waals surface area contributed by atoms with Crippen LogP contribution in [0.15, 0.2) is 35.1 Å². The summed E-state index contributed by atoms with van der Waals surface area (Å²) in [6, 6.07) is 2.66. The quantitative estimate of drug-likeness (QED) is 0.248. The minimum Gasteiger partial charge on any atom is -0.501 e. The number of halogens is 1. The molecule has 0 heterocycles. The van der Waals surface area contributed by atoms with Crippen LogP contribution in [0.25, 0.3) is 0 Å². The predicted octanol–water partition coefficient (Wildman–Crippen LogP) is 6.56. The molecule has 1 unspecified atom stereocenters. The Bertz CT molecular complexity index is 907. The van der Waals surface area contributed by atoms with E-state index in [-0.39, 0.29) is 16.9 Å². The van der Waals surface area contributed by atoms with Gasteiger partial charge in [0.25, 0.3) is 0 Å². The molecule has 32 heavy (non-hydrogen) atoms. The van der Waals surface area contributed by atoms with Gasteiger partial charge in [0.15, 0.2) is 5.60 Å². The molecule has 0 N–H and O–H groups in total. The summed E-state index contributed by atoms with van der Waals surface area (Å²) in [7, 11) is -0.907. The fourth-order valence-electron chi connectivity index (χ4n) is 7.10. The molecule has 0 aromatic carbocycles.